The van der Waals surface area contributed by atoms with E-state index >= 15 is 0 Å². The molecule has 0 aliphatic carbocycles. The predicted molar refractivity (Wildman–Crippen MR) is 160 cm³/mol. The minimum atomic E-state index is -0.950. The molecule has 4 N–H and O–H groups in total. The molecule has 2 aromatic heterocycles. The van der Waals surface area contributed by atoms with Crippen LogP contribution in [0, 0.1) is 11.8 Å². The summed E-state index contributed by atoms with van der Waals surface area (Å²) in [5, 5.41) is 7.45. The molecule has 0 aliphatic heterocycles. The van der Waals surface area contributed by atoms with Crippen LogP contribution in [0.4, 0.5) is 9.59 Å². The third kappa shape index (κ3) is 11.7. The maximum atomic E-state index is 12.9. The number of carbonyl (C=O) groups is 4. The quantitative estimate of drug-likeness (QED) is 0.203. The summed E-state index contributed by atoms with van der Waals surface area (Å²) in [4.78, 5) is 58.9. The van der Waals surface area contributed by atoms with Crippen LogP contribution < -0.4 is 21.5 Å². The number of hydrogen-bond acceptors (Lipinski definition) is 9. The minimum absolute atomic E-state index is 0.00397. The number of amides is 4. The molecule has 1 aromatic carbocycles. The summed E-state index contributed by atoms with van der Waals surface area (Å²) in [5.74, 6) is -0.970. The number of benzene rings is 1. The van der Waals surface area contributed by atoms with Gasteiger partial charge in [-0.3, -0.25) is 25.4 Å². The molecule has 13 heteroatoms. The SMILES string of the molecule is CC(C)C[C@H](NC(=O)OCc1cccnc1)C(=O)NNC(=O)c1csc([C@H](CC(C)C)NC(=O)OCc2ccccc2)n1. The topological polar surface area (TPSA) is 161 Å². The first-order valence-corrected chi connectivity index (χ1v) is 14.8. The van der Waals surface area contributed by atoms with Crippen molar-refractivity contribution < 1.29 is 28.7 Å². The first-order chi connectivity index (χ1) is 20.6. The van der Waals surface area contributed by atoms with Gasteiger partial charge in [0.1, 0.15) is 30.0 Å². The van der Waals surface area contributed by atoms with Gasteiger partial charge in [0, 0.05) is 23.3 Å². The molecule has 0 unspecified atom stereocenters. The lowest BCUT2D eigenvalue weighted by Crippen LogP contribution is -2.52. The molecule has 0 spiro atoms. The van der Waals surface area contributed by atoms with Crippen molar-refractivity contribution in [2.45, 2.75) is 65.8 Å². The standard InChI is InChI=1S/C30H38N6O6S/c1-19(2)13-23(33-29(39)42-17-22-11-8-12-31-15-22)26(37)35-36-27(38)25-18-43-28(32-25)24(14-20(3)4)34-30(40)41-16-21-9-6-5-7-10-21/h5-12,15,18-20,23-24H,13-14,16-17H2,1-4H3,(H,33,39)(H,34,40)(H,35,37)(H,36,38)/t23-,24-/m0/s1. The van der Waals surface area contributed by atoms with Crippen LogP contribution in [0.5, 0.6) is 0 Å². The Balaban J connectivity index is 1.54. The molecule has 2 atom stereocenters. The highest BCUT2D eigenvalue weighted by molar-refractivity contribution is 7.09. The largest absolute Gasteiger partial charge is 0.445 e. The lowest BCUT2D eigenvalue weighted by Gasteiger charge is -2.20. The van der Waals surface area contributed by atoms with Gasteiger partial charge in [0.25, 0.3) is 11.8 Å². The van der Waals surface area contributed by atoms with Crippen LogP contribution in [0.15, 0.2) is 60.2 Å². The molecule has 0 saturated carbocycles. The second-order valence-electron chi connectivity index (χ2n) is 10.7. The molecule has 43 heavy (non-hydrogen) atoms. The molecule has 0 saturated heterocycles. The average molecular weight is 611 g/mol. The molecule has 3 rings (SSSR count). The fraction of sp³-hybridized carbons (Fsp3) is 0.400. The highest BCUT2D eigenvalue weighted by Crippen LogP contribution is 2.25. The van der Waals surface area contributed by atoms with Crippen LogP contribution in [-0.4, -0.2) is 40.0 Å². The van der Waals surface area contributed by atoms with Crippen molar-refractivity contribution in [3.63, 3.8) is 0 Å². The number of hydrogen-bond donors (Lipinski definition) is 4. The molecular formula is C30H38N6O6S. The molecule has 3 aromatic rings. The number of rotatable bonds is 13. The zero-order valence-corrected chi connectivity index (χ0v) is 25.5. The summed E-state index contributed by atoms with van der Waals surface area (Å²) in [6.45, 7) is 7.94. The molecular weight excluding hydrogens is 572 g/mol. The Morgan fingerprint density at radius 2 is 1.47 bits per heavy atom. The zero-order chi connectivity index (χ0) is 31.2. The zero-order valence-electron chi connectivity index (χ0n) is 24.7. The number of alkyl carbamates (subject to hydrolysis) is 2. The summed E-state index contributed by atoms with van der Waals surface area (Å²) in [5.41, 5.74) is 6.34. The van der Waals surface area contributed by atoms with Crippen molar-refractivity contribution in [2.75, 3.05) is 0 Å². The van der Waals surface area contributed by atoms with Gasteiger partial charge in [-0.05, 0) is 36.3 Å². The van der Waals surface area contributed by atoms with Gasteiger partial charge >= 0.3 is 12.2 Å². The van der Waals surface area contributed by atoms with E-state index in [2.05, 4.69) is 31.5 Å². The third-order valence-electron chi connectivity index (χ3n) is 5.97. The van der Waals surface area contributed by atoms with Crippen molar-refractivity contribution in [3.8, 4) is 0 Å². The van der Waals surface area contributed by atoms with E-state index < -0.39 is 36.1 Å². The van der Waals surface area contributed by atoms with Crippen molar-refractivity contribution in [2.24, 2.45) is 11.8 Å². The average Bonchev–Trinajstić information content (AvgIpc) is 3.48. The van der Waals surface area contributed by atoms with Crippen molar-refractivity contribution in [1.82, 2.24) is 31.5 Å². The van der Waals surface area contributed by atoms with Gasteiger partial charge in [-0.1, -0.05) is 64.1 Å². The van der Waals surface area contributed by atoms with Crippen molar-refractivity contribution in [1.29, 1.82) is 0 Å². The Morgan fingerprint density at radius 1 is 0.814 bits per heavy atom. The fourth-order valence-electron chi connectivity index (χ4n) is 3.94. The molecule has 0 aliphatic rings. The van der Waals surface area contributed by atoms with E-state index in [9.17, 15) is 19.2 Å². The highest BCUT2D eigenvalue weighted by Gasteiger charge is 2.25. The third-order valence-corrected chi connectivity index (χ3v) is 6.93. The lowest BCUT2D eigenvalue weighted by molar-refractivity contribution is -0.124. The van der Waals surface area contributed by atoms with E-state index in [1.54, 1.807) is 29.9 Å². The fourth-order valence-corrected chi connectivity index (χ4v) is 4.80. The van der Waals surface area contributed by atoms with Gasteiger partial charge in [-0.25, -0.2) is 14.6 Å². The lowest BCUT2D eigenvalue weighted by atomic mass is 10.0. The maximum absolute atomic E-state index is 12.9. The molecule has 230 valence electrons. The molecule has 0 radical (unpaired) electrons. The molecule has 12 nitrogen and oxygen atoms in total. The Hall–Kier alpha value is -4.52. The predicted octanol–water partition coefficient (Wildman–Crippen LogP) is 4.65. The van der Waals surface area contributed by atoms with E-state index in [1.807, 2.05) is 58.0 Å². The van der Waals surface area contributed by atoms with Crippen LogP contribution in [0.1, 0.15) is 73.2 Å². The van der Waals surface area contributed by atoms with Gasteiger partial charge in [-0.15, -0.1) is 11.3 Å². The first kappa shape index (κ1) is 33.0. The van der Waals surface area contributed by atoms with Gasteiger partial charge < -0.3 is 20.1 Å². The number of nitrogens with zero attached hydrogens (tertiary/aromatic N) is 2. The van der Waals surface area contributed by atoms with Crippen LogP contribution in [0.3, 0.4) is 0 Å². The summed E-state index contributed by atoms with van der Waals surface area (Å²) in [7, 11) is 0. The van der Waals surface area contributed by atoms with E-state index in [0.29, 0.717) is 23.4 Å². The Kier molecular flexibility index (Phi) is 12.9. The number of carbonyl (C=O) groups excluding carboxylic acids is 4. The van der Waals surface area contributed by atoms with Crippen LogP contribution >= 0.6 is 11.3 Å². The van der Waals surface area contributed by atoms with Gasteiger partial charge in [0.05, 0.1) is 6.04 Å². The minimum Gasteiger partial charge on any atom is -0.445 e. The number of hydrazine groups is 1. The van der Waals surface area contributed by atoms with Crippen molar-refractivity contribution >= 4 is 35.3 Å². The van der Waals surface area contributed by atoms with Crippen LogP contribution in [0.2, 0.25) is 0 Å². The van der Waals surface area contributed by atoms with Gasteiger partial charge in [0.2, 0.25) is 0 Å². The van der Waals surface area contributed by atoms with E-state index in [1.165, 1.54) is 11.3 Å². The molecule has 0 fully saturated rings. The molecule has 0 bridgehead atoms. The van der Waals surface area contributed by atoms with Gasteiger partial charge in [0.15, 0.2) is 0 Å². The number of nitrogens with one attached hydrogen (secondary N) is 4. The smallest absolute Gasteiger partial charge is 0.408 e. The summed E-state index contributed by atoms with van der Waals surface area (Å²) in [6, 6.07) is 11.4. The number of thiazole rings is 1. The Bertz CT molecular complexity index is 1340. The Labute approximate surface area is 255 Å². The number of ether oxygens (including phenoxy) is 2. The second kappa shape index (κ2) is 16.8. The normalized spacial score (nSPS) is 12.2. The van der Waals surface area contributed by atoms with E-state index in [0.717, 1.165) is 5.56 Å². The highest BCUT2D eigenvalue weighted by atomic mass is 32.1. The van der Waals surface area contributed by atoms with Crippen molar-refractivity contribution in [3.05, 3.63) is 82.1 Å². The Morgan fingerprint density at radius 3 is 2.12 bits per heavy atom. The van der Waals surface area contributed by atoms with E-state index in [-0.39, 0.29) is 30.7 Å². The summed E-state index contributed by atoms with van der Waals surface area (Å²) >= 11 is 1.21. The second-order valence-corrected chi connectivity index (χ2v) is 11.6. The first-order valence-electron chi connectivity index (χ1n) is 14.0. The van der Waals surface area contributed by atoms with Crippen LogP contribution in [-0.2, 0) is 27.5 Å². The maximum Gasteiger partial charge on any atom is 0.408 e. The number of aromatic nitrogens is 2. The van der Waals surface area contributed by atoms with E-state index in [4.69, 9.17) is 9.47 Å². The summed E-state index contributed by atoms with van der Waals surface area (Å²) in [6.07, 6.45) is 2.71. The summed E-state index contributed by atoms with van der Waals surface area (Å²) < 4.78 is 10.6. The monoisotopic (exact) mass is 610 g/mol. The molecule has 2 heterocycles. The van der Waals surface area contributed by atoms with Gasteiger partial charge in [-0.2, -0.15) is 0 Å². The number of pyridine rings is 1. The molecule has 4 amide bonds. The van der Waals surface area contributed by atoms with Crippen LogP contribution in [0.25, 0.3) is 0 Å².